The van der Waals surface area contributed by atoms with Crippen molar-refractivity contribution < 1.29 is 12.8 Å². The van der Waals surface area contributed by atoms with Crippen molar-refractivity contribution in [2.45, 2.75) is 22.1 Å². The third kappa shape index (κ3) is 8.40. The van der Waals surface area contributed by atoms with Crippen LogP contribution in [0.1, 0.15) is 11.3 Å². The number of nitrogens with one attached hydrogen (secondary N) is 2. The van der Waals surface area contributed by atoms with E-state index in [0.717, 1.165) is 28.5 Å². The Labute approximate surface area is 197 Å². The number of halogens is 2. The van der Waals surface area contributed by atoms with Crippen molar-refractivity contribution in [2.24, 2.45) is 4.99 Å². The number of benzene rings is 1. The van der Waals surface area contributed by atoms with Crippen LogP contribution in [0.2, 0.25) is 0 Å². The zero-order chi connectivity index (χ0) is 20.6. The van der Waals surface area contributed by atoms with Gasteiger partial charge in [-0.3, -0.25) is 4.99 Å². The highest BCUT2D eigenvalue weighted by molar-refractivity contribution is 14.0. The Morgan fingerprint density at radius 3 is 2.48 bits per heavy atom. The normalized spacial score (nSPS) is 12.0. The predicted octanol–water partition coefficient (Wildman–Crippen LogP) is 3.60. The minimum Gasteiger partial charge on any atom is -0.356 e. The summed E-state index contributed by atoms with van der Waals surface area (Å²) in [5, 5.41) is 6.42. The van der Waals surface area contributed by atoms with Crippen LogP contribution in [0.15, 0.2) is 50.5 Å². The van der Waals surface area contributed by atoms with Gasteiger partial charge in [0.15, 0.2) is 5.96 Å². The van der Waals surface area contributed by atoms with Gasteiger partial charge in [0.2, 0.25) is 0 Å². The number of thiophene rings is 1. The molecule has 6 nitrogen and oxygen atoms in total. The van der Waals surface area contributed by atoms with Crippen molar-refractivity contribution in [3.05, 3.63) is 47.1 Å². The Morgan fingerprint density at radius 1 is 1.17 bits per heavy atom. The number of thioether (sulfide) groups is 1. The van der Waals surface area contributed by atoms with Crippen molar-refractivity contribution in [2.75, 3.05) is 33.4 Å². The van der Waals surface area contributed by atoms with E-state index in [9.17, 15) is 12.8 Å². The minimum atomic E-state index is -3.39. The van der Waals surface area contributed by atoms with E-state index in [0.29, 0.717) is 16.7 Å². The molecule has 0 amide bonds. The highest BCUT2D eigenvalue weighted by Gasteiger charge is 2.19. The van der Waals surface area contributed by atoms with Gasteiger partial charge in [-0.25, -0.2) is 17.1 Å². The number of rotatable bonds is 9. The van der Waals surface area contributed by atoms with Gasteiger partial charge in [-0.15, -0.1) is 47.1 Å². The van der Waals surface area contributed by atoms with Gasteiger partial charge < -0.3 is 10.6 Å². The maximum absolute atomic E-state index is 12.9. The van der Waals surface area contributed by atoms with E-state index in [-0.39, 0.29) is 29.8 Å². The van der Waals surface area contributed by atoms with Crippen molar-refractivity contribution in [3.63, 3.8) is 0 Å². The lowest BCUT2D eigenvalue weighted by Crippen LogP contribution is -2.37. The first-order chi connectivity index (χ1) is 13.3. The van der Waals surface area contributed by atoms with Crippen LogP contribution in [0, 0.1) is 5.82 Å². The maximum Gasteiger partial charge on any atom is 0.252 e. The van der Waals surface area contributed by atoms with Crippen molar-refractivity contribution >= 4 is 63.1 Å². The van der Waals surface area contributed by atoms with Gasteiger partial charge in [0, 0.05) is 37.5 Å². The molecular formula is C18H26FIN4O2S3. The second-order valence-electron chi connectivity index (χ2n) is 6.02. The predicted molar refractivity (Wildman–Crippen MR) is 131 cm³/mol. The molecule has 0 atom stereocenters. The van der Waals surface area contributed by atoms with Crippen LogP contribution in [-0.2, 0) is 16.6 Å². The zero-order valence-corrected chi connectivity index (χ0v) is 21.3. The first kappa shape index (κ1) is 26.1. The molecule has 0 spiro atoms. The van der Waals surface area contributed by atoms with Crippen LogP contribution in [0.4, 0.5) is 4.39 Å². The van der Waals surface area contributed by atoms with Gasteiger partial charge in [0.1, 0.15) is 10.0 Å². The molecule has 2 N–H and O–H groups in total. The van der Waals surface area contributed by atoms with Crippen LogP contribution in [0.25, 0.3) is 0 Å². The Morgan fingerprint density at radius 2 is 1.86 bits per heavy atom. The standard InChI is InChI=1S/C18H25FN4O2S3.HI/c1-20-18(21-11-4-12-26-15-7-5-14(19)6-8-15)22-13-16-9-10-17(27-16)28(24,25)23(2)3;/h5-10H,4,11-13H2,1-3H3,(H2,20,21,22);1H. The summed E-state index contributed by atoms with van der Waals surface area (Å²) in [6, 6.07) is 9.91. The van der Waals surface area contributed by atoms with Crippen LogP contribution in [-0.4, -0.2) is 52.1 Å². The second-order valence-corrected chi connectivity index (χ2v) is 10.7. The van der Waals surface area contributed by atoms with Gasteiger partial charge in [0.05, 0.1) is 6.54 Å². The smallest absolute Gasteiger partial charge is 0.252 e. The molecule has 2 rings (SSSR count). The first-order valence-electron chi connectivity index (χ1n) is 8.67. The molecule has 1 heterocycles. The minimum absolute atomic E-state index is 0. The summed E-state index contributed by atoms with van der Waals surface area (Å²) in [7, 11) is 1.34. The summed E-state index contributed by atoms with van der Waals surface area (Å²) in [4.78, 5) is 6.14. The summed E-state index contributed by atoms with van der Waals surface area (Å²) in [6.07, 6.45) is 0.924. The molecule has 11 heteroatoms. The Balaban J connectivity index is 0.00000420. The summed E-state index contributed by atoms with van der Waals surface area (Å²) in [5.74, 6) is 1.35. The fourth-order valence-electron chi connectivity index (χ4n) is 2.16. The third-order valence-electron chi connectivity index (χ3n) is 3.72. The van der Waals surface area contributed by atoms with E-state index in [2.05, 4.69) is 15.6 Å². The van der Waals surface area contributed by atoms with Gasteiger partial charge in [-0.2, -0.15) is 0 Å². The molecule has 0 radical (unpaired) electrons. The monoisotopic (exact) mass is 572 g/mol. The molecular weight excluding hydrogens is 546 g/mol. The summed E-state index contributed by atoms with van der Waals surface area (Å²) in [6.45, 7) is 1.25. The molecule has 0 bridgehead atoms. The summed E-state index contributed by atoms with van der Waals surface area (Å²) in [5.41, 5.74) is 0. The van der Waals surface area contributed by atoms with Crippen LogP contribution in [0.3, 0.4) is 0 Å². The number of sulfonamides is 1. The molecule has 0 aliphatic rings. The van der Waals surface area contributed by atoms with Crippen LogP contribution < -0.4 is 10.6 Å². The number of aliphatic imine (C=N–C) groups is 1. The quantitative estimate of drug-likeness (QED) is 0.158. The number of hydrogen-bond acceptors (Lipinski definition) is 5. The largest absolute Gasteiger partial charge is 0.356 e. The molecule has 0 aliphatic heterocycles. The molecule has 1 aromatic heterocycles. The van der Waals surface area contributed by atoms with E-state index in [1.807, 2.05) is 0 Å². The van der Waals surface area contributed by atoms with E-state index < -0.39 is 10.0 Å². The molecule has 2 aromatic rings. The topological polar surface area (TPSA) is 73.8 Å². The number of guanidine groups is 1. The molecule has 29 heavy (non-hydrogen) atoms. The second kappa shape index (κ2) is 12.7. The molecule has 0 fully saturated rings. The lowest BCUT2D eigenvalue weighted by molar-refractivity contribution is 0.523. The molecule has 0 saturated heterocycles. The Bertz CT molecular complexity index is 887. The molecule has 162 valence electrons. The van der Waals surface area contributed by atoms with E-state index in [1.54, 1.807) is 43.1 Å². The van der Waals surface area contributed by atoms with Crippen LogP contribution in [0.5, 0.6) is 0 Å². The SMILES string of the molecule is CN=C(NCCCSc1ccc(F)cc1)NCc1ccc(S(=O)(=O)N(C)C)s1.I. The lowest BCUT2D eigenvalue weighted by Gasteiger charge is -2.11. The van der Waals surface area contributed by atoms with Gasteiger partial charge in [-0.05, 0) is 48.6 Å². The van der Waals surface area contributed by atoms with Gasteiger partial charge in [-0.1, -0.05) is 0 Å². The maximum atomic E-state index is 12.9. The average Bonchev–Trinajstić information content (AvgIpc) is 3.15. The Kier molecular flexibility index (Phi) is 11.5. The van der Waals surface area contributed by atoms with Gasteiger partial charge >= 0.3 is 0 Å². The lowest BCUT2D eigenvalue weighted by atomic mass is 10.4. The van der Waals surface area contributed by atoms with Crippen molar-refractivity contribution in [1.82, 2.24) is 14.9 Å². The van der Waals surface area contributed by atoms with E-state index >= 15 is 0 Å². The number of nitrogens with zero attached hydrogens (tertiary/aromatic N) is 2. The molecule has 0 aliphatic carbocycles. The highest BCUT2D eigenvalue weighted by Crippen LogP contribution is 2.23. The highest BCUT2D eigenvalue weighted by atomic mass is 127. The summed E-state index contributed by atoms with van der Waals surface area (Å²) < 4.78 is 38.7. The van der Waals surface area contributed by atoms with Crippen molar-refractivity contribution in [3.8, 4) is 0 Å². The van der Waals surface area contributed by atoms with E-state index in [1.165, 1.54) is 41.9 Å². The fraction of sp³-hybridized carbons (Fsp3) is 0.389. The zero-order valence-electron chi connectivity index (χ0n) is 16.5. The summed E-state index contributed by atoms with van der Waals surface area (Å²) >= 11 is 2.93. The Hall–Kier alpha value is -0.890. The molecule has 0 saturated carbocycles. The first-order valence-corrected chi connectivity index (χ1v) is 11.9. The van der Waals surface area contributed by atoms with Gasteiger partial charge in [0.25, 0.3) is 10.0 Å². The number of hydrogen-bond donors (Lipinski definition) is 2. The molecule has 0 unspecified atom stereocenters. The van der Waals surface area contributed by atoms with E-state index in [4.69, 9.17) is 0 Å². The molecule has 1 aromatic carbocycles. The van der Waals surface area contributed by atoms with Crippen molar-refractivity contribution in [1.29, 1.82) is 0 Å². The third-order valence-corrected chi connectivity index (χ3v) is 8.19. The average molecular weight is 573 g/mol. The van der Waals surface area contributed by atoms with Crippen LogP contribution >= 0.6 is 47.1 Å². The fourth-order valence-corrected chi connectivity index (χ4v) is 5.48.